The SMILES string of the molecule is COC(=O)[C@@]1(O[C@H]2[C@@H](O[C@@H]3O[C@H](COC(=O)c4ccccc4)[C@H](OC(C)=O)[C@H](O[C@@H]4O[C@H](COC(C)=O)[C@H](OC(C)=O)[C@H](OC(C)=O)[C@H]4OC(C)=O)[C@H]3N=[N+]=[N-])[C@@H](COCc3ccccc3)O[C@@H](O[C@H]3[C@H](OCc4ccccc4)[C@@H](OCc4ccccc4)[C@H](OCc4ccccc4)O[C@@H]3COCc3ccccc3)[C@@H]2OCc2ccccc2)C[C@H](OC(C)=O)[C@@H](NC(C)=O)[C@@H]([C@H](OC(C)=O)[C@@H](COC(C)=O)OC(C)=O)O1. The Bertz CT molecular complexity index is 5430. The Labute approximate surface area is 835 Å². The summed E-state index contributed by atoms with van der Waals surface area (Å²) < 4.78 is 173. The van der Waals surface area contributed by atoms with E-state index in [4.69, 9.17) is 123 Å². The van der Waals surface area contributed by atoms with Crippen LogP contribution in [-0.2, 0) is 216 Å². The molecule has 5 aliphatic rings. The minimum absolute atomic E-state index is 0.0331. The second-order valence-corrected chi connectivity index (χ2v) is 34.3. The number of esters is 11. The van der Waals surface area contributed by atoms with Gasteiger partial charge in [-0.1, -0.05) is 205 Å². The zero-order valence-electron chi connectivity index (χ0n) is 81.5. The molecule has 5 aliphatic heterocycles. The third-order valence-corrected chi connectivity index (χ3v) is 23.2. The number of benzene rings is 7. The Hall–Kier alpha value is -13.1. The van der Waals surface area contributed by atoms with Gasteiger partial charge in [-0.25, -0.2) is 9.59 Å². The zero-order chi connectivity index (χ0) is 104. The van der Waals surface area contributed by atoms with Gasteiger partial charge in [0.05, 0.1) is 78.0 Å². The van der Waals surface area contributed by atoms with Gasteiger partial charge in [-0.05, 0) is 51.0 Å². The van der Waals surface area contributed by atoms with Crippen LogP contribution in [0.5, 0.6) is 0 Å². The highest BCUT2D eigenvalue weighted by atomic mass is 16.8. The topological polar surface area (TPSA) is 506 Å². The molecule has 0 aliphatic carbocycles. The number of ether oxygens (including phenoxy) is 26. The van der Waals surface area contributed by atoms with Crippen LogP contribution in [0.4, 0.5) is 0 Å². The normalized spacial score (nSPS) is 27.4. The fourth-order valence-electron chi connectivity index (χ4n) is 17.2. The van der Waals surface area contributed by atoms with Gasteiger partial charge < -0.3 is 128 Å². The number of carbonyl (C=O) groups is 12. The van der Waals surface area contributed by atoms with Crippen molar-refractivity contribution < 1.29 is 181 Å². The van der Waals surface area contributed by atoms with E-state index >= 15 is 4.79 Å². The van der Waals surface area contributed by atoms with Crippen molar-refractivity contribution in [3.63, 3.8) is 0 Å². The number of nitrogens with one attached hydrogen (secondary N) is 1. The van der Waals surface area contributed by atoms with E-state index in [1.165, 1.54) is 24.3 Å². The van der Waals surface area contributed by atoms with Crippen molar-refractivity contribution >= 4 is 71.6 Å². The van der Waals surface area contributed by atoms with E-state index in [1.807, 2.05) is 121 Å². The minimum Gasteiger partial charge on any atom is -0.465 e. The summed E-state index contributed by atoms with van der Waals surface area (Å²) in [6.45, 7) is 4.69. The summed E-state index contributed by atoms with van der Waals surface area (Å²) in [5, 5.41) is 6.95. The molecule has 26 atom stereocenters. The van der Waals surface area contributed by atoms with Crippen LogP contribution in [0.1, 0.15) is 119 Å². The number of azide groups is 1. The summed E-state index contributed by atoms with van der Waals surface area (Å²) in [6.07, 6.45) is -46.1. The van der Waals surface area contributed by atoms with Crippen LogP contribution in [0.3, 0.4) is 0 Å². The third-order valence-electron chi connectivity index (χ3n) is 23.2. The quantitative estimate of drug-likeness (QED) is 0.0122. The van der Waals surface area contributed by atoms with Gasteiger partial charge in [0, 0.05) is 74.1 Å². The molecule has 12 rings (SSSR count). The van der Waals surface area contributed by atoms with Gasteiger partial charge in [-0.15, -0.1) is 0 Å². The number of methoxy groups -OCH3 is 1. The van der Waals surface area contributed by atoms with Crippen LogP contribution in [0.25, 0.3) is 10.4 Å². The number of hydrogen-bond acceptors (Lipinski definition) is 39. The van der Waals surface area contributed by atoms with Crippen molar-refractivity contribution in [1.29, 1.82) is 0 Å². The van der Waals surface area contributed by atoms with Gasteiger partial charge in [-0.2, -0.15) is 0 Å². The first kappa shape index (κ1) is 111. The molecule has 0 aromatic heterocycles. The Morgan fingerprint density at radius 2 is 0.759 bits per heavy atom. The molecule has 7 aromatic carbocycles. The van der Waals surface area contributed by atoms with E-state index in [2.05, 4.69) is 15.3 Å². The second-order valence-electron chi connectivity index (χ2n) is 34.3. The van der Waals surface area contributed by atoms with Crippen molar-refractivity contribution in [1.82, 2.24) is 5.32 Å². The van der Waals surface area contributed by atoms with E-state index in [1.54, 1.807) is 66.7 Å². The summed E-state index contributed by atoms with van der Waals surface area (Å²) in [5.74, 6) is -16.4. The first-order valence-corrected chi connectivity index (χ1v) is 46.7. The minimum atomic E-state index is -3.34. The van der Waals surface area contributed by atoms with Gasteiger partial charge in [0.2, 0.25) is 5.91 Å². The summed E-state index contributed by atoms with van der Waals surface area (Å²) in [4.78, 5) is 171. The lowest BCUT2D eigenvalue weighted by molar-refractivity contribution is -0.409. The van der Waals surface area contributed by atoms with Crippen LogP contribution in [0.15, 0.2) is 217 Å². The van der Waals surface area contributed by atoms with Gasteiger partial charge in [0.15, 0.2) is 61.8 Å². The molecule has 0 bridgehead atoms. The Morgan fingerprint density at radius 1 is 0.379 bits per heavy atom. The average Bonchev–Trinajstić information content (AvgIpc) is 0.777. The molecule has 0 radical (unpaired) electrons. The molecule has 0 saturated carbocycles. The largest absolute Gasteiger partial charge is 0.465 e. The van der Waals surface area contributed by atoms with Gasteiger partial charge in [-0.3, -0.25) is 47.9 Å². The summed E-state index contributed by atoms with van der Waals surface area (Å²) in [5.41, 5.74) is 15.1. The molecule has 145 heavy (non-hydrogen) atoms. The lowest BCUT2D eigenvalue weighted by atomic mass is 9.87. The number of nitrogens with zero attached hydrogens (tertiary/aromatic N) is 3. The van der Waals surface area contributed by atoms with Crippen molar-refractivity contribution in [2.75, 3.05) is 40.1 Å². The summed E-state index contributed by atoms with van der Waals surface area (Å²) >= 11 is 0. The van der Waals surface area contributed by atoms with Crippen molar-refractivity contribution in [3.05, 3.63) is 262 Å². The van der Waals surface area contributed by atoms with E-state index in [0.717, 1.165) is 87.5 Å². The second kappa shape index (κ2) is 54.7. The van der Waals surface area contributed by atoms with Crippen LogP contribution < -0.4 is 5.32 Å². The van der Waals surface area contributed by atoms with Crippen molar-refractivity contribution in [2.24, 2.45) is 5.11 Å². The molecule has 5 heterocycles. The standard InChI is InChI=1S/C103H118N4O38/c1-59(108)105-82-76(130-62(4)111)47-103(102(119)120-11,144-90(82)85(133-65(7)114)79(131-63(5)112)56-123-60(2)109)145-93-88(141-98-83(106-107-104)89(84(132-64(6)113)81(137-98)58-128-97(118)75-45-31-18-32-46-75)143-101-96(136-68(10)117)92(135-67(9)116)87(134-66(8)115)80(140-101)57-124-61(3)110)78(55-122-49-70-35-21-13-22-36-70)139-100(95(93)127-52-73-41-27-16-28-42-73)142-86-77(54-121-48-69-33-19-12-20-34-69)138-99(129-53-74-43-29-17-30-44-74)94(126-51-72-39-25-15-26-40-72)91(86)125-50-71-37-23-14-24-38-71/h12-46,76-96,98-101H,47-58H2,1-11H3,(H,105,108)/t76-,77+,78+,79+,80+,81+,82+,83+,84-,85+,86+,87-,88-,89+,90-,91-,92-,93-,94+,95+,96+,98-,99+,100-,101-,103-/m0/s1. The lowest BCUT2D eigenvalue weighted by Crippen LogP contribution is -2.72. The first-order chi connectivity index (χ1) is 69.8. The molecule has 5 saturated heterocycles. The number of carbonyl (C=O) groups excluding carboxylic acids is 12. The van der Waals surface area contributed by atoms with E-state index < -0.39 is 270 Å². The lowest BCUT2D eigenvalue weighted by Gasteiger charge is -2.54. The van der Waals surface area contributed by atoms with Crippen molar-refractivity contribution in [3.8, 4) is 0 Å². The molecule has 42 heteroatoms. The maximum Gasteiger partial charge on any atom is 0.366 e. The molecule has 0 unspecified atom stereocenters. The molecule has 1 N–H and O–H groups in total. The predicted molar refractivity (Wildman–Crippen MR) is 496 cm³/mol. The highest BCUT2D eigenvalue weighted by molar-refractivity contribution is 5.89. The number of rotatable bonds is 47. The number of amides is 1. The van der Waals surface area contributed by atoms with Gasteiger partial charge >= 0.3 is 65.7 Å². The van der Waals surface area contributed by atoms with E-state index in [-0.39, 0.29) is 45.2 Å². The zero-order valence-corrected chi connectivity index (χ0v) is 81.5. The molecule has 42 nitrogen and oxygen atoms in total. The fraction of sp³-hybridized carbons (Fsp3) is 0.476. The smallest absolute Gasteiger partial charge is 0.366 e. The van der Waals surface area contributed by atoms with Crippen LogP contribution in [0, 0.1) is 0 Å². The van der Waals surface area contributed by atoms with Crippen molar-refractivity contribution in [2.45, 2.75) is 274 Å². The molecule has 1 amide bonds. The highest BCUT2D eigenvalue weighted by Crippen LogP contribution is 2.46. The summed E-state index contributed by atoms with van der Waals surface area (Å²) in [7, 11) is 0.897. The third kappa shape index (κ3) is 32.2. The molecular weight excluding hydrogens is 1900 g/mol. The fourth-order valence-corrected chi connectivity index (χ4v) is 17.2. The Kier molecular flexibility index (Phi) is 41.8. The van der Waals surface area contributed by atoms with Crippen LogP contribution in [-0.4, -0.2) is 271 Å². The maximum absolute atomic E-state index is 16.5. The van der Waals surface area contributed by atoms with Gasteiger partial charge in [0.25, 0.3) is 5.79 Å². The highest BCUT2D eigenvalue weighted by Gasteiger charge is 2.66. The molecule has 5 fully saturated rings. The average molecular weight is 2020 g/mol. The summed E-state index contributed by atoms with van der Waals surface area (Å²) in [6, 6.07) is 57.1. The van der Waals surface area contributed by atoms with Crippen LogP contribution >= 0.6 is 0 Å². The molecular formula is C103H118N4O38. The van der Waals surface area contributed by atoms with E-state index in [0.29, 0.717) is 22.3 Å². The number of hydrogen-bond donors (Lipinski definition) is 1. The Morgan fingerprint density at radius 3 is 1.21 bits per heavy atom. The predicted octanol–water partition coefficient (Wildman–Crippen LogP) is 9.18. The molecule has 7 aromatic rings. The first-order valence-electron chi connectivity index (χ1n) is 46.7. The molecule has 0 spiro atoms. The van der Waals surface area contributed by atoms with Crippen LogP contribution in [0.2, 0.25) is 0 Å². The monoisotopic (exact) mass is 2020 g/mol. The Balaban J connectivity index is 1.15. The van der Waals surface area contributed by atoms with E-state index in [9.17, 15) is 58.3 Å². The van der Waals surface area contributed by atoms with Gasteiger partial charge in [0.1, 0.15) is 105 Å². The maximum atomic E-state index is 16.5. The molecule has 778 valence electrons.